The maximum atomic E-state index is 13.6. The van der Waals surface area contributed by atoms with Gasteiger partial charge in [-0.25, -0.2) is 9.97 Å². The summed E-state index contributed by atoms with van der Waals surface area (Å²) in [6.07, 6.45) is 5.38. The standard InChI is InChI=1S/C27H23F3N8O/c1-17-4-5-19(10-23(17)35-26-32-8-6-24(36-26)37-9-3-7-31-15-37)25(39)34-21-11-20(27(28,29)30)12-22(13-21)38-14-18(2)33-16-38/h3-14,16H,15H2,1-2H3,(H,34,39)(H,32,35,36). The minimum atomic E-state index is -4.60. The fourth-order valence-electron chi connectivity index (χ4n) is 3.88. The first kappa shape index (κ1) is 25.6. The van der Waals surface area contributed by atoms with E-state index in [9.17, 15) is 18.0 Å². The summed E-state index contributed by atoms with van der Waals surface area (Å²) in [6.45, 7) is 4.01. The number of aryl methyl sites for hydroxylation is 2. The van der Waals surface area contributed by atoms with Crippen molar-refractivity contribution in [1.29, 1.82) is 0 Å². The fraction of sp³-hybridized carbons (Fsp3) is 0.148. The van der Waals surface area contributed by atoms with Gasteiger partial charge in [0.25, 0.3) is 5.91 Å². The number of carbonyl (C=O) groups excluding carboxylic acids is 1. The van der Waals surface area contributed by atoms with Crippen LogP contribution in [0.4, 0.5) is 36.3 Å². The summed E-state index contributed by atoms with van der Waals surface area (Å²) in [5.41, 5.74) is 1.61. The number of anilines is 4. The molecule has 0 saturated carbocycles. The van der Waals surface area contributed by atoms with Crippen molar-refractivity contribution in [3.63, 3.8) is 0 Å². The number of amides is 1. The Balaban J connectivity index is 1.39. The second-order valence-electron chi connectivity index (χ2n) is 8.82. The van der Waals surface area contributed by atoms with E-state index < -0.39 is 17.6 Å². The Labute approximate surface area is 221 Å². The number of halogens is 3. The first-order valence-corrected chi connectivity index (χ1v) is 11.8. The van der Waals surface area contributed by atoms with Crippen LogP contribution >= 0.6 is 0 Å². The van der Waals surface area contributed by atoms with E-state index in [2.05, 4.69) is 30.6 Å². The second kappa shape index (κ2) is 10.4. The first-order chi connectivity index (χ1) is 18.7. The minimum absolute atomic E-state index is 0.000424. The van der Waals surface area contributed by atoms with Crippen LogP contribution in [0.1, 0.15) is 27.2 Å². The van der Waals surface area contributed by atoms with Crippen LogP contribution < -0.4 is 15.5 Å². The predicted molar refractivity (Wildman–Crippen MR) is 143 cm³/mol. The van der Waals surface area contributed by atoms with E-state index in [1.54, 1.807) is 55.9 Å². The van der Waals surface area contributed by atoms with E-state index in [1.807, 2.05) is 18.0 Å². The molecule has 0 spiro atoms. The zero-order valence-corrected chi connectivity index (χ0v) is 20.9. The maximum Gasteiger partial charge on any atom is 0.416 e. The van der Waals surface area contributed by atoms with Gasteiger partial charge in [-0.3, -0.25) is 9.79 Å². The van der Waals surface area contributed by atoms with E-state index in [-0.39, 0.29) is 16.9 Å². The van der Waals surface area contributed by atoms with E-state index >= 15 is 0 Å². The smallest absolute Gasteiger partial charge is 0.324 e. The molecule has 0 fully saturated rings. The number of aromatic nitrogens is 4. The summed E-state index contributed by atoms with van der Waals surface area (Å²) in [6, 6.07) is 10.0. The monoisotopic (exact) mass is 532 g/mol. The molecule has 9 nitrogen and oxygen atoms in total. The zero-order chi connectivity index (χ0) is 27.6. The average molecular weight is 533 g/mol. The lowest BCUT2D eigenvalue weighted by Gasteiger charge is -2.19. The molecule has 0 radical (unpaired) electrons. The second-order valence-corrected chi connectivity index (χ2v) is 8.82. The van der Waals surface area contributed by atoms with Gasteiger partial charge in [-0.05, 0) is 61.9 Å². The van der Waals surface area contributed by atoms with Crippen LogP contribution in [-0.2, 0) is 6.18 Å². The van der Waals surface area contributed by atoms with Gasteiger partial charge < -0.3 is 20.1 Å². The average Bonchev–Trinajstić information content (AvgIpc) is 3.36. The topological polar surface area (TPSA) is 100 Å². The molecule has 1 aliphatic heterocycles. The predicted octanol–water partition coefficient (Wildman–Crippen LogP) is 5.66. The highest BCUT2D eigenvalue weighted by atomic mass is 19.4. The molecule has 39 heavy (non-hydrogen) atoms. The number of hydrogen-bond donors (Lipinski definition) is 2. The minimum Gasteiger partial charge on any atom is -0.324 e. The number of rotatable bonds is 6. The van der Waals surface area contributed by atoms with Crippen LogP contribution in [0.3, 0.4) is 0 Å². The van der Waals surface area contributed by atoms with Crippen molar-refractivity contribution in [1.82, 2.24) is 19.5 Å². The molecule has 3 heterocycles. The summed E-state index contributed by atoms with van der Waals surface area (Å²) in [5, 5.41) is 5.71. The molecule has 0 saturated heterocycles. The molecule has 1 aliphatic rings. The van der Waals surface area contributed by atoms with Crippen LogP contribution in [-0.4, -0.2) is 38.3 Å². The molecule has 2 aromatic carbocycles. The molecule has 4 aromatic rings. The lowest BCUT2D eigenvalue weighted by Crippen LogP contribution is -2.20. The molecule has 0 unspecified atom stereocenters. The molecule has 0 bridgehead atoms. The molecule has 0 aliphatic carbocycles. The lowest BCUT2D eigenvalue weighted by molar-refractivity contribution is -0.137. The van der Waals surface area contributed by atoms with E-state index in [0.29, 0.717) is 29.8 Å². The van der Waals surface area contributed by atoms with E-state index in [0.717, 1.165) is 17.7 Å². The number of allylic oxidation sites excluding steroid dienone is 1. The van der Waals surface area contributed by atoms with Crippen LogP contribution in [0.25, 0.3) is 5.69 Å². The summed E-state index contributed by atoms with van der Waals surface area (Å²) >= 11 is 0. The number of hydrogen-bond acceptors (Lipinski definition) is 7. The number of carbonyl (C=O) groups is 1. The number of nitrogens with one attached hydrogen (secondary N) is 2. The number of imidazole rings is 1. The third kappa shape index (κ3) is 5.95. The Morgan fingerprint density at radius 2 is 1.90 bits per heavy atom. The zero-order valence-electron chi connectivity index (χ0n) is 20.9. The van der Waals surface area contributed by atoms with Crippen LogP contribution in [0.2, 0.25) is 0 Å². The number of nitrogens with zero attached hydrogens (tertiary/aromatic N) is 6. The van der Waals surface area contributed by atoms with E-state index in [1.165, 1.54) is 17.0 Å². The highest BCUT2D eigenvalue weighted by molar-refractivity contribution is 6.05. The molecule has 12 heteroatoms. The van der Waals surface area contributed by atoms with Crippen molar-refractivity contribution >= 4 is 35.3 Å². The third-order valence-electron chi connectivity index (χ3n) is 5.89. The first-order valence-electron chi connectivity index (χ1n) is 11.8. The van der Waals surface area contributed by atoms with Crippen LogP contribution in [0.15, 0.2) is 78.5 Å². The Bertz CT molecular complexity index is 1590. The maximum absolute atomic E-state index is 13.6. The Morgan fingerprint density at radius 3 is 2.62 bits per heavy atom. The van der Waals surface area contributed by atoms with Crippen molar-refractivity contribution in [3.8, 4) is 5.69 Å². The molecule has 198 valence electrons. The number of aliphatic imine (C=N–C) groups is 1. The summed E-state index contributed by atoms with van der Waals surface area (Å²) in [4.78, 5) is 32.0. The van der Waals surface area contributed by atoms with Crippen molar-refractivity contribution in [2.45, 2.75) is 20.0 Å². The fourth-order valence-corrected chi connectivity index (χ4v) is 3.88. The van der Waals surface area contributed by atoms with Crippen molar-refractivity contribution in [3.05, 3.63) is 95.8 Å². The Morgan fingerprint density at radius 1 is 1.05 bits per heavy atom. The molecule has 2 aromatic heterocycles. The van der Waals surface area contributed by atoms with Crippen molar-refractivity contribution < 1.29 is 18.0 Å². The molecule has 2 N–H and O–H groups in total. The van der Waals surface area contributed by atoms with Gasteiger partial charge in [0.1, 0.15) is 12.5 Å². The highest BCUT2D eigenvalue weighted by Crippen LogP contribution is 2.33. The van der Waals surface area contributed by atoms with Gasteiger partial charge in [0.05, 0.1) is 17.6 Å². The van der Waals surface area contributed by atoms with Gasteiger partial charge >= 0.3 is 6.18 Å². The largest absolute Gasteiger partial charge is 0.416 e. The SMILES string of the molecule is Cc1cn(-c2cc(NC(=O)c3ccc(C)c(Nc4nccc(N5C=CC=NC5)n4)c3)cc(C(F)(F)F)c2)cn1. The Kier molecular flexibility index (Phi) is 6.84. The normalized spacial score (nSPS) is 13.0. The molecule has 0 atom stereocenters. The lowest BCUT2D eigenvalue weighted by atomic mass is 10.1. The van der Waals surface area contributed by atoms with Gasteiger partial charge in [0, 0.05) is 47.4 Å². The molecule has 1 amide bonds. The van der Waals surface area contributed by atoms with Crippen LogP contribution in [0.5, 0.6) is 0 Å². The van der Waals surface area contributed by atoms with Gasteiger partial charge in [-0.1, -0.05) is 6.07 Å². The van der Waals surface area contributed by atoms with Gasteiger partial charge in [-0.2, -0.15) is 18.2 Å². The van der Waals surface area contributed by atoms with Gasteiger partial charge in [0.2, 0.25) is 5.95 Å². The Hall–Kier alpha value is -5.00. The summed E-state index contributed by atoms with van der Waals surface area (Å²) in [7, 11) is 0. The highest BCUT2D eigenvalue weighted by Gasteiger charge is 2.31. The van der Waals surface area contributed by atoms with Crippen LogP contribution in [0, 0.1) is 13.8 Å². The quantitative estimate of drug-likeness (QED) is 0.333. The van der Waals surface area contributed by atoms with Gasteiger partial charge in [0.15, 0.2) is 0 Å². The summed E-state index contributed by atoms with van der Waals surface area (Å²) in [5.74, 6) is 0.381. The van der Waals surface area contributed by atoms with E-state index in [4.69, 9.17) is 0 Å². The molecule has 5 rings (SSSR count). The van der Waals surface area contributed by atoms with Gasteiger partial charge in [-0.15, -0.1) is 0 Å². The number of benzene rings is 2. The summed E-state index contributed by atoms with van der Waals surface area (Å²) < 4.78 is 42.3. The molecular formula is C27H23F3N8O. The number of alkyl halides is 3. The van der Waals surface area contributed by atoms with Crippen molar-refractivity contribution in [2.24, 2.45) is 4.99 Å². The molecular weight excluding hydrogens is 509 g/mol. The van der Waals surface area contributed by atoms with Crippen molar-refractivity contribution in [2.75, 3.05) is 22.2 Å². The third-order valence-corrected chi connectivity index (χ3v) is 5.89.